The lowest BCUT2D eigenvalue weighted by atomic mass is 10.1. The number of hydrogen-bond donors (Lipinski definition) is 1. The summed E-state index contributed by atoms with van der Waals surface area (Å²) in [6.07, 6.45) is -0.924. The Morgan fingerprint density at radius 3 is 2.29 bits per heavy atom. The minimum Gasteiger partial charge on any atom is -0.355 e. The van der Waals surface area contributed by atoms with Gasteiger partial charge in [-0.15, -0.1) is 0 Å². The molecule has 0 aliphatic carbocycles. The zero-order valence-corrected chi connectivity index (χ0v) is 11.0. The third kappa shape index (κ3) is 3.07. The number of halogens is 2. The Hall–Kier alpha value is -1.35. The van der Waals surface area contributed by atoms with E-state index >= 15 is 0 Å². The van der Waals surface area contributed by atoms with E-state index in [9.17, 15) is 4.39 Å². The molecule has 1 atom stereocenters. The Morgan fingerprint density at radius 1 is 1.06 bits per heavy atom. The monoisotopic (exact) mass is 293 g/mol. The average molecular weight is 294 g/mol. The lowest BCUT2D eigenvalue weighted by Crippen LogP contribution is -1.92. The number of hydrogen-bond acceptors (Lipinski definition) is 1. The first kappa shape index (κ1) is 12.1. The number of alkyl halides is 1. The Kier molecular flexibility index (Phi) is 3.79. The lowest BCUT2D eigenvalue weighted by molar-refractivity contribution is 0.374. The van der Waals surface area contributed by atoms with Crippen LogP contribution in [0.1, 0.15) is 18.7 Å². The van der Waals surface area contributed by atoms with Crippen molar-refractivity contribution in [2.75, 3.05) is 5.32 Å². The molecule has 0 fully saturated rings. The number of rotatable bonds is 3. The molecule has 2 rings (SSSR count). The summed E-state index contributed by atoms with van der Waals surface area (Å²) in [7, 11) is 0. The molecule has 0 bridgehead atoms. The zero-order valence-electron chi connectivity index (χ0n) is 9.45. The quantitative estimate of drug-likeness (QED) is 0.818. The maximum Gasteiger partial charge on any atom is 0.122 e. The highest BCUT2D eigenvalue weighted by Crippen LogP contribution is 2.26. The van der Waals surface area contributed by atoms with E-state index in [0.717, 1.165) is 15.8 Å². The number of benzene rings is 2. The summed E-state index contributed by atoms with van der Waals surface area (Å²) in [5.41, 5.74) is 2.64. The second-order valence-electron chi connectivity index (χ2n) is 3.84. The van der Waals surface area contributed by atoms with Crippen LogP contribution in [-0.4, -0.2) is 0 Å². The van der Waals surface area contributed by atoms with Crippen molar-refractivity contribution < 1.29 is 4.39 Å². The summed E-state index contributed by atoms with van der Waals surface area (Å²) in [5, 5.41) is 3.27. The van der Waals surface area contributed by atoms with E-state index in [-0.39, 0.29) is 0 Å². The molecule has 0 saturated carbocycles. The second kappa shape index (κ2) is 5.32. The molecule has 0 aromatic heterocycles. The Morgan fingerprint density at radius 2 is 1.71 bits per heavy atom. The minimum atomic E-state index is -0.924. The first-order chi connectivity index (χ1) is 8.16. The molecule has 0 amide bonds. The predicted octanol–water partition coefficient (Wildman–Crippen LogP) is 5.22. The highest BCUT2D eigenvalue weighted by molar-refractivity contribution is 9.10. The summed E-state index contributed by atoms with van der Waals surface area (Å²) in [6, 6.07) is 15.2. The highest BCUT2D eigenvalue weighted by Gasteiger charge is 2.03. The molecule has 1 unspecified atom stereocenters. The van der Waals surface area contributed by atoms with Crippen molar-refractivity contribution >= 4 is 27.3 Å². The summed E-state index contributed by atoms with van der Waals surface area (Å²) in [6.45, 7) is 1.54. The molecule has 0 aliphatic heterocycles. The molecular formula is C14H13BrFN. The fourth-order valence-corrected chi connectivity index (χ4v) is 1.93. The van der Waals surface area contributed by atoms with Crippen LogP contribution in [0, 0.1) is 0 Å². The van der Waals surface area contributed by atoms with Gasteiger partial charge in [-0.05, 0) is 52.7 Å². The van der Waals surface area contributed by atoms with Crippen LogP contribution in [0.3, 0.4) is 0 Å². The van der Waals surface area contributed by atoms with Gasteiger partial charge < -0.3 is 5.32 Å². The molecule has 1 nitrogen and oxygen atoms in total. The van der Waals surface area contributed by atoms with Crippen molar-refractivity contribution in [2.45, 2.75) is 13.1 Å². The van der Waals surface area contributed by atoms with E-state index in [1.807, 2.05) is 36.4 Å². The van der Waals surface area contributed by atoms with Crippen molar-refractivity contribution in [3.05, 3.63) is 58.6 Å². The third-order valence-corrected chi connectivity index (χ3v) is 3.21. The molecule has 88 valence electrons. The summed E-state index contributed by atoms with van der Waals surface area (Å²) < 4.78 is 14.0. The van der Waals surface area contributed by atoms with Crippen LogP contribution >= 0.6 is 15.9 Å². The van der Waals surface area contributed by atoms with E-state index in [1.165, 1.54) is 6.92 Å². The van der Waals surface area contributed by atoms with Gasteiger partial charge in [0.15, 0.2) is 0 Å². The van der Waals surface area contributed by atoms with Gasteiger partial charge in [-0.1, -0.05) is 24.3 Å². The summed E-state index contributed by atoms with van der Waals surface area (Å²) in [4.78, 5) is 0. The van der Waals surface area contributed by atoms with E-state index in [2.05, 4.69) is 21.2 Å². The molecular weight excluding hydrogens is 281 g/mol. The zero-order chi connectivity index (χ0) is 12.3. The first-order valence-corrected chi connectivity index (χ1v) is 6.21. The molecule has 0 heterocycles. The number of para-hydroxylation sites is 1. The molecule has 2 aromatic rings. The van der Waals surface area contributed by atoms with Crippen molar-refractivity contribution in [2.24, 2.45) is 0 Å². The van der Waals surface area contributed by atoms with Gasteiger partial charge in [0.2, 0.25) is 0 Å². The van der Waals surface area contributed by atoms with Crippen LogP contribution in [-0.2, 0) is 0 Å². The van der Waals surface area contributed by atoms with Gasteiger partial charge in [-0.25, -0.2) is 4.39 Å². The summed E-state index contributed by atoms with van der Waals surface area (Å²) in [5.74, 6) is 0. The number of anilines is 2. The maximum absolute atomic E-state index is 13.0. The van der Waals surface area contributed by atoms with Crippen molar-refractivity contribution in [1.29, 1.82) is 0 Å². The largest absolute Gasteiger partial charge is 0.355 e. The molecule has 3 heteroatoms. The topological polar surface area (TPSA) is 12.0 Å². The van der Waals surface area contributed by atoms with Crippen LogP contribution in [0.2, 0.25) is 0 Å². The molecule has 0 aliphatic rings. The lowest BCUT2D eigenvalue weighted by Gasteiger charge is -2.09. The molecule has 0 saturated heterocycles. The fourth-order valence-electron chi connectivity index (χ4n) is 1.55. The van der Waals surface area contributed by atoms with E-state index < -0.39 is 6.17 Å². The normalized spacial score (nSPS) is 12.2. The second-order valence-corrected chi connectivity index (χ2v) is 4.70. The maximum atomic E-state index is 13.0. The van der Waals surface area contributed by atoms with Crippen LogP contribution in [0.25, 0.3) is 0 Å². The van der Waals surface area contributed by atoms with Crippen LogP contribution < -0.4 is 5.32 Å². The molecule has 1 N–H and O–H groups in total. The van der Waals surface area contributed by atoms with Crippen LogP contribution in [0.15, 0.2) is 53.0 Å². The SMILES string of the molecule is CC(F)c1ccc(Nc2ccccc2Br)cc1. The van der Waals surface area contributed by atoms with Crippen LogP contribution in [0.4, 0.5) is 15.8 Å². The third-order valence-electron chi connectivity index (χ3n) is 2.52. The fraction of sp³-hybridized carbons (Fsp3) is 0.143. The average Bonchev–Trinajstić information content (AvgIpc) is 2.33. The van der Waals surface area contributed by atoms with Crippen molar-refractivity contribution in [3.63, 3.8) is 0 Å². The predicted molar refractivity (Wildman–Crippen MR) is 73.4 cm³/mol. The van der Waals surface area contributed by atoms with Gasteiger partial charge in [0.05, 0.1) is 5.69 Å². The first-order valence-electron chi connectivity index (χ1n) is 5.42. The standard InChI is InChI=1S/C14H13BrFN/c1-10(16)11-6-8-12(9-7-11)17-14-5-3-2-4-13(14)15/h2-10,17H,1H3. The Bertz CT molecular complexity index is 494. The van der Waals surface area contributed by atoms with Gasteiger partial charge in [0, 0.05) is 10.2 Å². The van der Waals surface area contributed by atoms with Crippen molar-refractivity contribution in [1.82, 2.24) is 0 Å². The van der Waals surface area contributed by atoms with Gasteiger partial charge in [0.25, 0.3) is 0 Å². The smallest absolute Gasteiger partial charge is 0.122 e. The summed E-state index contributed by atoms with van der Waals surface area (Å²) >= 11 is 3.47. The van der Waals surface area contributed by atoms with Gasteiger partial charge in [-0.3, -0.25) is 0 Å². The van der Waals surface area contributed by atoms with Gasteiger partial charge in [-0.2, -0.15) is 0 Å². The van der Waals surface area contributed by atoms with Gasteiger partial charge >= 0.3 is 0 Å². The van der Waals surface area contributed by atoms with Crippen LogP contribution in [0.5, 0.6) is 0 Å². The molecule has 17 heavy (non-hydrogen) atoms. The minimum absolute atomic E-state index is 0.697. The Balaban J connectivity index is 2.17. The number of nitrogens with one attached hydrogen (secondary N) is 1. The molecule has 0 spiro atoms. The van der Waals surface area contributed by atoms with E-state index in [0.29, 0.717) is 5.56 Å². The molecule has 2 aromatic carbocycles. The van der Waals surface area contributed by atoms with Gasteiger partial charge in [0.1, 0.15) is 6.17 Å². The molecule has 0 radical (unpaired) electrons. The van der Waals surface area contributed by atoms with E-state index in [1.54, 1.807) is 12.1 Å². The van der Waals surface area contributed by atoms with E-state index in [4.69, 9.17) is 0 Å². The Labute approximate surface area is 109 Å². The highest BCUT2D eigenvalue weighted by atomic mass is 79.9. The van der Waals surface area contributed by atoms with Crippen molar-refractivity contribution in [3.8, 4) is 0 Å².